The zero-order valence-electron chi connectivity index (χ0n) is 19.6. The third kappa shape index (κ3) is 6.79. The lowest BCUT2D eigenvalue weighted by molar-refractivity contribution is -0.118. The molecule has 0 radical (unpaired) electrons. The van der Waals surface area contributed by atoms with Gasteiger partial charge < -0.3 is 4.74 Å². The van der Waals surface area contributed by atoms with Crippen molar-refractivity contribution in [3.63, 3.8) is 0 Å². The molecule has 176 valence electrons. The predicted molar refractivity (Wildman–Crippen MR) is 140 cm³/mol. The Morgan fingerprint density at radius 2 is 1.91 bits per heavy atom. The molecule has 5 nitrogen and oxygen atoms in total. The van der Waals surface area contributed by atoms with Crippen molar-refractivity contribution in [2.24, 2.45) is 0 Å². The molecule has 0 atom stereocenters. The first-order valence-electron chi connectivity index (χ1n) is 11.8. The van der Waals surface area contributed by atoms with E-state index in [2.05, 4.69) is 61.2 Å². The Bertz CT molecular complexity index is 1050. The van der Waals surface area contributed by atoms with Crippen LogP contribution in [0.1, 0.15) is 30.4 Å². The number of anilines is 1. The smallest absolute Gasteiger partial charge is 0.228 e. The molecule has 1 aromatic heterocycles. The van der Waals surface area contributed by atoms with Crippen LogP contribution in [0.5, 0.6) is 0 Å². The molecule has 1 amide bonds. The number of carbonyl (C=O) groups excluding carboxylic acids is 1. The number of nitrogens with zero attached hydrogens (tertiary/aromatic N) is 3. The van der Waals surface area contributed by atoms with Crippen molar-refractivity contribution in [1.29, 1.82) is 0 Å². The minimum atomic E-state index is 0.179. The SMILES string of the molecule is Cc1ccc(SCCCC(=O)N(CCCN2CCOCC2)c2nc3c(C)cccc3s2)cc1. The first-order valence-corrected chi connectivity index (χ1v) is 13.6. The van der Waals surface area contributed by atoms with Crippen molar-refractivity contribution in [3.8, 4) is 0 Å². The molecule has 7 heteroatoms. The van der Waals surface area contributed by atoms with Gasteiger partial charge in [-0.2, -0.15) is 0 Å². The Labute approximate surface area is 205 Å². The molecule has 3 aromatic rings. The molecule has 2 heterocycles. The number of carbonyl (C=O) groups is 1. The van der Waals surface area contributed by atoms with Crippen LogP contribution in [0.4, 0.5) is 5.13 Å². The number of fused-ring (bicyclic) bond motifs is 1. The van der Waals surface area contributed by atoms with Crippen molar-refractivity contribution in [1.82, 2.24) is 9.88 Å². The second-order valence-electron chi connectivity index (χ2n) is 8.54. The second kappa shape index (κ2) is 12.0. The molecular weight excluding hydrogens is 450 g/mol. The van der Waals surface area contributed by atoms with Crippen molar-refractivity contribution in [2.75, 3.05) is 50.0 Å². The summed E-state index contributed by atoms with van der Waals surface area (Å²) in [5, 5.41) is 0.831. The van der Waals surface area contributed by atoms with E-state index in [1.807, 2.05) is 16.7 Å². The van der Waals surface area contributed by atoms with Crippen LogP contribution in [0, 0.1) is 13.8 Å². The molecule has 1 fully saturated rings. The van der Waals surface area contributed by atoms with E-state index in [-0.39, 0.29) is 5.91 Å². The lowest BCUT2D eigenvalue weighted by Crippen LogP contribution is -2.39. The van der Waals surface area contributed by atoms with Gasteiger partial charge in [0.1, 0.15) is 0 Å². The lowest BCUT2D eigenvalue weighted by atomic mass is 10.2. The summed E-state index contributed by atoms with van der Waals surface area (Å²) in [6, 6.07) is 14.8. The van der Waals surface area contributed by atoms with Gasteiger partial charge in [-0.15, -0.1) is 11.8 Å². The van der Waals surface area contributed by atoms with Crippen molar-refractivity contribution < 1.29 is 9.53 Å². The molecule has 4 rings (SSSR count). The van der Waals surface area contributed by atoms with Gasteiger partial charge in [0.05, 0.1) is 23.4 Å². The maximum atomic E-state index is 13.3. The summed E-state index contributed by atoms with van der Waals surface area (Å²) in [6.07, 6.45) is 2.35. The number of ether oxygens (including phenoxy) is 1. The first kappa shape index (κ1) is 24.2. The van der Waals surface area contributed by atoms with Crippen LogP contribution >= 0.6 is 23.1 Å². The largest absolute Gasteiger partial charge is 0.379 e. The van der Waals surface area contributed by atoms with Gasteiger partial charge >= 0.3 is 0 Å². The van der Waals surface area contributed by atoms with E-state index in [0.717, 1.165) is 72.4 Å². The van der Waals surface area contributed by atoms with Crippen LogP contribution in [0.3, 0.4) is 0 Å². The summed E-state index contributed by atoms with van der Waals surface area (Å²) < 4.78 is 6.60. The topological polar surface area (TPSA) is 45.7 Å². The Hall–Kier alpha value is -1.93. The highest BCUT2D eigenvalue weighted by molar-refractivity contribution is 7.99. The number of aromatic nitrogens is 1. The number of aryl methyl sites for hydroxylation is 2. The maximum Gasteiger partial charge on any atom is 0.228 e. The molecule has 0 aliphatic carbocycles. The van der Waals surface area contributed by atoms with Gasteiger partial charge in [-0.3, -0.25) is 14.6 Å². The van der Waals surface area contributed by atoms with E-state index in [0.29, 0.717) is 13.0 Å². The van der Waals surface area contributed by atoms with Crippen LogP contribution < -0.4 is 4.90 Å². The average Bonchev–Trinajstić information content (AvgIpc) is 3.26. The third-order valence-corrected chi connectivity index (χ3v) is 8.07. The van der Waals surface area contributed by atoms with E-state index in [9.17, 15) is 4.79 Å². The number of thioether (sulfide) groups is 1. The van der Waals surface area contributed by atoms with Crippen LogP contribution in [-0.4, -0.2) is 60.9 Å². The fourth-order valence-corrected chi connectivity index (χ4v) is 5.92. The highest BCUT2D eigenvalue weighted by Crippen LogP contribution is 2.31. The summed E-state index contributed by atoms with van der Waals surface area (Å²) in [5.41, 5.74) is 3.44. The third-order valence-electron chi connectivity index (χ3n) is 5.93. The van der Waals surface area contributed by atoms with Crippen molar-refractivity contribution in [2.45, 2.75) is 38.0 Å². The fraction of sp³-hybridized carbons (Fsp3) is 0.462. The van der Waals surface area contributed by atoms with E-state index in [1.54, 1.807) is 11.3 Å². The fourth-order valence-electron chi connectivity index (χ4n) is 3.98. The maximum absolute atomic E-state index is 13.3. The highest BCUT2D eigenvalue weighted by Gasteiger charge is 2.20. The summed E-state index contributed by atoms with van der Waals surface area (Å²) in [4.78, 5) is 23.8. The quantitative estimate of drug-likeness (QED) is 0.280. The number of amides is 1. The number of rotatable bonds is 10. The number of morpholine rings is 1. The Balaban J connectivity index is 1.37. The number of hydrogen-bond donors (Lipinski definition) is 0. The van der Waals surface area contributed by atoms with E-state index < -0.39 is 0 Å². The molecule has 0 N–H and O–H groups in total. The Kier molecular flexibility index (Phi) is 8.78. The standard InChI is InChI=1S/C26H33N3O2S2/c1-20-9-11-22(12-10-20)32-19-4-8-24(30)29(14-5-13-28-15-17-31-18-16-28)26-27-25-21(2)6-3-7-23(25)33-26/h3,6-7,9-12H,4-5,8,13-19H2,1-2H3. The van der Waals surface area contributed by atoms with Gasteiger partial charge in [-0.1, -0.05) is 41.2 Å². The molecule has 1 aliphatic heterocycles. The van der Waals surface area contributed by atoms with Crippen LogP contribution in [0.25, 0.3) is 10.2 Å². The number of benzene rings is 2. The summed E-state index contributed by atoms with van der Waals surface area (Å²) >= 11 is 3.45. The van der Waals surface area contributed by atoms with E-state index in [1.165, 1.54) is 10.5 Å². The van der Waals surface area contributed by atoms with Gasteiger partial charge in [0, 0.05) is 37.5 Å². The first-order chi connectivity index (χ1) is 16.1. The van der Waals surface area contributed by atoms with Crippen LogP contribution in [0.2, 0.25) is 0 Å². The summed E-state index contributed by atoms with van der Waals surface area (Å²) in [7, 11) is 0. The van der Waals surface area contributed by atoms with Crippen LogP contribution in [-0.2, 0) is 9.53 Å². The van der Waals surface area contributed by atoms with Crippen LogP contribution in [0.15, 0.2) is 47.4 Å². The minimum absolute atomic E-state index is 0.179. The monoisotopic (exact) mass is 483 g/mol. The van der Waals surface area contributed by atoms with Gasteiger partial charge in [-0.25, -0.2) is 4.98 Å². The van der Waals surface area contributed by atoms with Gasteiger partial charge in [0.25, 0.3) is 0 Å². The molecule has 0 saturated carbocycles. The van der Waals surface area contributed by atoms with Gasteiger partial charge in [0.15, 0.2) is 5.13 Å². The van der Waals surface area contributed by atoms with Gasteiger partial charge in [0.2, 0.25) is 5.91 Å². The van der Waals surface area contributed by atoms with Crippen molar-refractivity contribution in [3.05, 3.63) is 53.6 Å². The minimum Gasteiger partial charge on any atom is -0.379 e. The normalized spacial score (nSPS) is 14.6. The average molecular weight is 484 g/mol. The Morgan fingerprint density at radius 1 is 1.12 bits per heavy atom. The molecule has 33 heavy (non-hydrogen) atoms. The van der Waals surface area contributed by atoms with E-state index >= 15 is 0 Å². The number of para-hydroxylation sites is 1. The van der Waals surface area contributed by atoms with Gasteiger partial charge in [-0.05, 0) is 56.2 Å². The molecular formula is C26H33N3O2S2. The zero-order chi connectivity index (χ0) is 23.0. The molecule has 1 saturated heterocycles. The molecule has 1 aliphatic rings. The number of hydrogen-bond acceptors (Lipinski definition) is 6. The Morgan fingerprint density at radius 3 is 2.67 bits per heavy atom. The summed E-state index contributed by atoms with van der Waals surface area (Å²) in [5.74, 6) is 1.12. The molecule has 2 aromatic carbocycles. The molecule has 0 bridgehead atoms. The molecule has 0 unspecified atom stereocenters. The molecule has 0 spiro atoms. The van der Waals surface area contributed by atoms with Crippen molar-refractivity contribution >= 4 is 44.4 Å². The highest BCUT2D eigenvalue weighted by atomic mass is 32.2. The zero-order valence-corrected chi connectivity index (χ0v) is 21.2. The van der Waals surface area contributed by atoms with E-state index in [4.69, 9.17) is 9.72 Å². The lowest BCUT2D eigenvalue weighted by Gasteiger charge is -2.27. The second-order valence-corrected chi connectivity index (χ2v) is 10.7. The number of thiazole rings is 1. The summed E-state index contributed by atoms with van der Waals surface area (Å²) in [6.45, 7) is 9.44. The predicted octanol–water partition coefficient (Wildman–Crippen LogP) is 5.54.